The average Bonchev–Trinajstić information content (AvgIpc) is 3.34. The zero-order chi connectivity index (χ0) is 42.3. The lowest BCUT2D eigenvalue weighted by Gasteiger charge is -2.29. The zero-order valence-electron chi connectivity index (χ0n) is 35.5. The fraction of sp³-hybridized carbons (Fsp3) is 0.0323. The van der Waals surface area contributed by atoms with Crippen LogP contribution in [0.4, 0.5) is 17.1 Å². The molecule has 0 radical (unpaired) electrons. The minimum Gasteiger partial charge on any atom is -0.310 e. The minimum absolute atomic E-state index is 1.11. The van der Waals surface area contributed by atoms with E-state index in [9.17, 15) is 0 Å². The normalized spacial score (nSPS) is 11.6. The van der Waals surface area contributed by atoms with Crippen molar-refractivity contribution in [3.63, 3.8) is 0 Å². The molecule has 1 nitrogen and oxygen atoms in total. The van der Waals surface area contributed by atoms with Crippen molar-refractivity contribution in [1.29, 1.82) is 0 Å². The van der Waals surface area contributed by atoms with Crippen molar-refractivity contribution in [2.24, 2.45) is 0 Å². The monoisotopic (exact) mass is 803 g/mol. The molecule has 0 aliphatic heterocycles. The molecule has 0 unspecified atom stereocenters. The van der Waals surface area contributed by atoms with Crippen molar-refractivity contribution < 1.29 is 0 Å². The van der Waals surface area contributed by atoms with Gasteiger partial charge < -0.3 is 4.90 Å². The summed E-state index contributed by atoms with van der Waals surface area (Å²) < 4.78 is 0. The van der Waals surface area contributed by atoms with E-state index in [4.69, 9.17) is 0 Å². The summed E-state index contributed by atoms with van der Waals surface area (Å²) in [5.41, 5.74) is 15.4. The van der Waals surface area contributed by atoms with Gasteiger partial charge in [-0.15, -0.1) is 0 Å². The molecular formula is C62H45N. The van der Waals surface area contributed by atoms with Crippen molar-refractivity contribution in [3.05, 3.63) is 247 Å². The first-order valence-corrected chi connectivity index (χ1v) is 21.8. The topological polar surface area (TPSA) is 3.24 Å². The van der Waals surface area contributed by atoms with Gasteiger partial charge in [0.1, 0.15) is 0 Å². The second kappa shape index (κ2) is 16.1. The van der Waals surface area contributed by atoms with E-state index in [0.29, 0.717) is 0 Å². The van der Waals surface area contributed by atoms with Crippen LogP contribution in [0.15, 0.2) is 224 Å². The number of aryl methyl sites for hydroxylation is 2. The molecule has 0 amide bonds. The van der Waals surface area contributed by atoms with Crippen LogP contribution in [0.1, 0.15) is 22.3 Å². The number of hydrogen-bond acceptors (Lipinski definition) is 1. The average molecular weight is 804 g/mol. The van der Waals surface area contributed by atoms with E-state index in [-0.39, 0.29) is 0 Å². The number of para-hydroxylation sites is 1. The molecule has 0 aliphatic rings. The highest BCUT2D eigenvalue weighted by atomic mass is 15.1. The van der Waals surface area contributed by atoms with E-state index >= 15 is 0 Å². The van der Waals surface area contributed by atoms with E-state index in [0.717, 1.165) is 17.1 Å². The van der Waals surface area contributed by atoms with Crippen molar-refractivity contribution in [1.82, 2.24) is 0 Å². The highest BCUT2D eigenvalue weighted by Crippen LogP contribution is 2.51. The van der Waals surface area contributed by atoms with Gasteiger partial charge in [-0.25, -0.2) is 0 Å². The highest BCUT2D eigenvalue weighted by Gasteiger charge is 2.25. The Kier molecular flexibility index (Phi) is 9.71. The third kappa shape index (κ3) is 7.14. The first-order valence-electron chi connectivity index (χ1n) is 21.8. The predicted molar refractivity (Wildman–Crippen MR) is 272 cm³/mol. The highest BCUT2D eigenvalue weighted by molar-refractivity contribution is 6.20. The first kappa shape index (κ1) is 38.0. The van der Waals surface area contributed by atoms with E-state index in [1.807, 2.05) is 0 Å². The molecule has 11 aromatic carbocycles. The summed E-state index contributed by atoms with van der Waals surface area (Å²) in [4.78, 5) is 2.43. The molecule has 0 spiro atoms. The van der Waals surface area contributed by atoms with Crippen LogP contribution in [0.25, 0.3) is 88.6 Å². The molecule has 1 heteroatoms. The smallest absolute Gasteiger partial charge is 0.0546 e. The molecule has 0 N–H and O–H groups in total. The molecule has 11 rings (SSSR count). The number of hydrogen-bond donors (Lipinski definition) is 0. The SMILES string of the molecule is Cc1ccc(/C=C/c2cc(-c3ccc4ccccc4c3)c(-c3c(-c4ccc5ccccc5c4)cc(N(c4ccccc4)c4ccc(C)cc4)c4ccccc34)c3ccccc23)cc1. The van der Waals surface area contributed by atoms with Crippen LogP contribution in [0.2, 0.25) is 0 Å². The van der Waals surface area contributed by atoms with Crippen LogP contribution in [-0.4, -0.2) is 0 Å². The summed E-state index contributed by atoms with van der Waals surface area (Å²) in [7, 11) is 0. The molecule has 11 aromatic rings. The van der Waals surface area contributed by atoms with Crippen LogP contribution in [-0.2, 0) is 0 Å². The van der Waals surface area contributed by atoms with E-state index in [1.165, 1.54) is 98.7 Å². The summed E-state index contributed by atoms with van der Waals surface area (Å²) in [6, 6.07) is 82.7. The van der Waals surface area contributed by atoms with Gasteiger partial charge in [0.25, 0.3) is 0 Å². The molecule has 0 bridgehead atoms. The number of benzene rings is 11. The van der Waals surface area contributed by atoms with Gasteiger partial charge in [0.15, 0.2) is 0 Å². The maximum atomic E-state index is 2.46. The van der Waals surface area contributed by atoms with E-state index in [2.05, 4.69) is 255 Å². The third-order valence-corrected chi connectivity index (χ3v) is 12.6. The van der Waals surface area contributed by atoms with Gasteiger partial charge in [-0.05, 0) is 145 Å². The minimum atomic E-state index is 1.11. The lowest BCUT2D eigenvalue weighted by molar-refractivity contribution is 1.29. The van der Waals surface area contributed by atoms with Crippen molar-refractivity contribution in [2.45, 2.75) is 13.8 Å². The van der Waals surface area contributed by atoms with E-state index in [1.54, 1.807) is 0 Å². The van der Waals surface area contributed by atoms with Crippen LogP contribution in [0.3, 0.4) is 0 Å². The summed E-state index contributed by atoms with van der Waals surface area (Å²) in [5.74, 6) is 0. The third-order valence-electron chi connectivity index (χ3n) is 12.6. The van der Waals surface area contributed by atoms with E-state index < -0.39 is 0 Å². The van der Waals surface area contributed by atoms with Crippen LogP contribution < -0.4 is 4.90 Å². The molecule has 0 saturated heterocycles. The van der Waals surface area contributed by atoms with Crippen molar-refractivity contribution in [3.8, 4) is 33.4 Å². The van der Waals surface area contributed by atoms with Crippen LogP contribution in [0.5, 0.6) is 0 Å². The predicted octanol–water partition coefficient (Wildman–Crippen LogP) is 17.6. The Bertz CT molecular complexity index is 3500. The molecule has 0 fully saturated rings. The van der Waals surface area contributed by atoms with Crippen LogP contribution in [0, 0.1) is 13.8 Å². The maximum absolute atomic E-state index is 2.46. The molecule has 0 heterocycles. The fourth-order valence-corrected chi connectivity index (χ4v) is 9.35. The summed E-state index contributed by atoms with van der Waals surface area (Å²) in [6.45, 7) is 4.29. The second-order valence-electron chi connectivity index (χ2n) is 16.7. The Labute approximate surface area is 369 Å². The Balaban J connectivity index is 1.28. The Morgan fingerprint density at radius 3 is 1.40 bits per heavy atom. The van der Waals surface area contributed by atoms with Gasteiger partial charge in [0.05, 0.1) is 5.69 Å². The van der Waals surface area contributed by atoms with Gasteiger partial charge in [0, 0.05) is 16.8 Å². The molecule has 0 atom stereocenters. The Hall–Kier alpha value is -8.00. The number of rotatable bonds is 8. The molecule has 0 saturated carbocycles. The second-order valence-corrected chi connectivity index (χ2v) is 16.7. The Morgan fingerprint density at radius 1 is 0.333 bits per heavy atom. The molecule has 0 aromatic heterocycles. The maximum Gasteiger partial charge on any atom is 0.0546 e. The lowest BCUT2D eigenvalue weighted by atomic mass is 9.81. The molecule has 0 aliphatic carbocycles. The summed E-state index contributed by atoms with van der Waals surface area (Å²) in [5, 5.41) is 9.68. The van der Waals surface area contributed by atoms with Gasteiger partial charge in [-0.1, -0.05) is 199 Å². The standard InChI is InChI=1S/C62H45N/c1-42-24-28-44(29-25-42)30-31-51-40-58(49-34-32-45-14-6-8-16-47(45)38-49)61(56-22-12-10-20-54(51)56)62-57-23-13-11-21-55(57)60(41-59(62)50-35-33-46-15-7-9-17-48(46)39-50)63(52-18-4-3-5-19-52)53-36-26-43(2)27-37-53/h3-41H,1-2H3/b31-30+. The quantitative estimate of drug-likeness (QED) is 0.138. The van der Waals surface area contributed by atoms with Gasteiger partial charge in [-0.2, -0.15) is 0 Å². The summed E-state index contributed by atoms with van der Waals surface area (Å²) in [6.07, 6.45) is 4.55. The van der Waals surface area contributed by atoms with Gasteiger partial charge in [0.2, 0.25) is 0 Å². The number of nitrogens with zero attached hydrogens (tertiary/aromatic N) is 1. The largest absolute Gasteiger partial charge is 0.310 e. The van der Waals surface area contributed by atoms with Gasteiger partial charge >= 0.3 is 0 Å². The zero-order valence-corrected chi connectivity index (χ0v) is 35.5. The fourth-order valence-electron chi connectivity index (χ4n) is 9.35. The van der Waals surface area contributed by atoms with Crippen molar-refractivity contribution >= 4 is 72.3 Å². The van der Waals surface area contributed by atoms with Crippen molar-refractivity contribution in [2.75, 3.05) is 4.90 Å². The number of fused-ring (bicyclic) bond motifs is 4. The molecular weight excluding hydrogens is 759 g/mol. The first-order chi connectivity index (χ1) is 31.1. The van der Waals surface area contributed by atoms with Gasteiger partial charge in [-0.3, -0.25) is 0 Å². The lowest BCUT2D eigenvalue weighted by Crippen LogP contribution is -2.11. The molecule has 298 valence electrons. The number of anilines is 3. The van der Waals surface area contributed by atoms with Crippen LogP contribution >= 0.6 is 0 Å². The Morgan fingerprint density at radius 2 is 0.794 bits per heavy atom. The molecule has 63 heavy (non-hydrogen) atoms. The summed E-state index contributed by atoms with van der Waals surface area (Å²) >= 11 is 0.